The number of carbonyl (C=O) groups is 1. The Morgan fingerprint density at radius 3 is 2.77 bits per heavy atom. The van der Waals surface area contributed by atoms with Gasteiger partial charge < -0.3 is 0 Å². The Kier molecular flexibility index (Phi) is 3.71. The van der Waals surface area contributed by atoms with Crippen molar-refractivity contribution in [1.29, 1.82) is 0 Å². The molecule has 0 heterocycles. The first kappa shape index (κ1) is 10.5. The van der Waals surface area contributed by atoms with Crippen LogP contribution in [0.4, 0.5) is 0 Å². The number of hydrogen-bond donors (Lipinski definition) is 0. The van der Waals surface area contributed by atoms with Crippen LogP contribution >= 0.6 is 0 Å². The van der Waals surface area contributed by atoms with Gasteiger partial charge in [-0.05, 0) is 31.1 Å². The van der Waals surface area contributed by atoms with Gasteiger partial charge in [0.2, 0.25) is 0 Å². The second kappa shape index (κ2) is 4.59. The second-order valence-corrected chi connectivity index (χ2v) is 4.49. The number of rotatable bonds is 4. The summed E-state index contributed by atoms with van der Waals surface area (Å²) < 4.78 is 0. The van der Waals surface area contributed by atoms with E-state index in [0.29, 0.717) is 5.78 Å². The molecule has 0 aromatic carbocycles. The summed E-state index contributed by atoms with van der Waals surface area (Å²) in [4.78, 5) is 11.5. The van der Waals surface area contributed by atoms with E-state index in [-0.39, 0.29) is 5.41 Å². The molecule has 0 aromatic rings. The van der Waals surface area contributed by atoms with Gasteiger partial charge in [-0.1, -0.05) is 26.0 Å². The Labute approximate surface area is 81.2 Å². The maximum atomic E-state index is 11.5. The molecule has 1 nitrogen and oxygen atoms in total. The minimum atomic E-state index is 0.265. The molecule has 0 aromatic heterocycles. The van der Waals surface area contributed by atoms with Crippen molar-refractivity contribution in [2.75, 3.05) is 0 Å². The SMILES string of the molecule is CCCC(=O)CC1(C)CC=CCC1. The Morgan fingerprint density at radius 2 is 2.23 bits per heavy atom. The molecule has 0 saturated heterocycles. The van der Waals surface area contributed by atoms with E-state index in [9.17, 15) is 4.79 Å². The molecule has 0 radical (unpaired) electrons. The van der Waals surface area contributed by atoms with Crippen molar-refractivity contribution in [3.63, 3.8) is 0 Å². The predicted molar refractivity (Wildman–Crippen MR) is 55.6 cm³/mol. The molecular formula is C12H20O. The van der Waals surface area contributed by atoms with Crippen molar-refractivity contribution < 1.29 is 4.79 Å². The van der Waals surface area contributed by atoms with Crippen molar-refractivity contribution in [3.05, 3.63) is 12.2 Å². The molecule has 1 aliphatic rings. The molecule has 1 heteroatoms. The van der Waals surface area contributed by atoms with Crippen LogP contribution in [0.3, 0.4) is 0 Å². The van der Waals surface area contributed by atoms with E-state index in [1.165, 1.54) is 6.42 Å². The summed E-state index contributed by atoms with van der Waals surface area (Å²) in [7, 11) is 0. The Bertz CT molecular complexity index is 205. The maximum Gasteiger partial charge on any atom is 0.133 e. The highest BCUT2D eigenvalue weighted by molar-refractivity contribution is 5.79. The van der Waals surface area contributed by atoms with Crippen molar-refractivity contribution in [1.82, 2.24) is 0 Å². The lowest BCUT2D eigenvalue weighted by molar-refractivity contribution is -0.121. The van der Waals surface area contributed by atoms with Gasteiger partial charge in [0.25, 0.3) is 0 Å². The minimum Gasteiger partial charge on any atom is -0.300 e. The lowest BCUT2D eigenvalue weighted by Gasteiger charge is -2.29. The number of ketones is 1. The third-order valence-corrected chi connectivity index (χ3v) is 2.84. The Morgan fingerprint density at radius 1 is 1.46 bits per heavy atom. The highest BCUT2D eigenvalue weighted by atomic mass is 16.1. The molecule has 1 rings (SSSR count). The third kappa shape index (κ3) is 3.33. The summed E-state index contributed by atoms with van der Waals surface area (Å²) in [5.41, 5.74) is 0.265. The van der Waals surface area contributed by atoms with E-state index in [4.69, 9.17) is 0 Å². The van der Waals surface area contributed by atoms with Crippen LogP contribution in [0.1, 0.15) is 52.4 Å². The molecule has 1 unspecified atom stereocenters. The van der Waals surface area contributed by atoms with Gasteiger partial charge in [0.05, 0.1) is 0 Å². The van der Waals surface area contributed by atoms with Crippen LogP contribution in [-0.2, 0) is 4.79 Å². The maximum absolute atomic E-state index is 11.5. The third-order valence-electron chi connectivity index (χ3n) is 2.84. The molecule has 13 heavy (non-hydrogen) atoms. The molecule has 0 fully saturated rings. The fraction of sp³-hybridized carbons (Fsp3) is 0.750. The van der Waals surface area contributed by atoms with Gasteiger partial charge in [-0.15, -0.1) is 0 Å². The lowest BCUT2D eigenvalue weighted by atomic mass is 9.75. The van der Waals surface area contributed by atoms with E-state index < -0.39 is 0 Å². The summed E-state index contributed by atoms with van der Waals surface area (Å²) in [6.07, 6.45) is 10.4. The average Bonchev–Trinajstić information content (AvgIpc) is 2.04. The van der Waals surface area contributed by atoms with E-state index in [2.05, 4.69) is 26.0 Å². The molecule has 0 saturated carbocycles. The van der Waals surface area contributed by atoms with Gasteiger partial charge in [0, 0.05) is 12.8 Å². The van der Waals surface area contributed by atoms with Crippen LogP contribution in [-0.4, -0.2) is 5.78 Å². The molecular weight excluding hydrogens is 160 g/mol. The summed E-state index contributed by atoms with van der Waals surface area (Å²) in [6.45, 7) is 4.31. The number of allylic oxidation sites excluding steroid dienone is 2. The standard InChI is InChI=1S/C12H20O/c1-3-7-11(13)10-12(2)8-5-4-6-9-12/h4-5H,3,6-10H2,1-2H3. The Balaban J connectivity index is 2.41. The summed E-state index contributed by atoms with van der Waals surface area (Å²) >= 11 is 0. The van der Waals surface area contributed by atoms with E-state index >= 15 is 0 Å². The monoisotopic (exact) mass is 180 g/mol. The van der Waals surface area contributed by atoms with Gasteiger partial charge in [-0.3, -0.25) is 4.79 Å². The van der Waals surface area contributed by atoms with Gasteiger partial charge in [0.1, 0.15) is 5.78 Å². The second-order valence-electron chi connectivity index (χ2n) is 4.49. The van der Waals surface area contributed by atoms with Crippen LogP contribution in [0.25, 0.3) is 0 Å². The molecule has 1 atom stereocenters. The van der Waals surface area contributed by atoms with E-state index in [1.54, 1.807) is 0 Å². The number of Topliss-reactive ketones (excluding diaryl/α,β-unsaturated/α-hetero) is 1. The zero-order chi connectivity index (χ0) is 9.73. The van der Waals surface area contributed by atoms with E-state index in [1.807, 2.05) is 0 Å². The smallest absolute Gasteiger partial charge is 0.133 e. The van der Waals surface area contributed by atoms with Gasteiger partial charge in [0.15, 0.2) is 0 Å². The number of hydrogen-bond acceptors (Lipinski definition) is 1. The molecule has 0 bridgehead atoms. The van der Waals surface area contributed by atoms with Crippen molar-refractivity contribution in [3.8, 4) is 0 Å². The fourth-order valence-electron chi connectivity index (χ4n) is 2.02. The number of carbonyl (C=O) groups excluding carboxylic acids is 1. The first-order chi connectivity index (χ1) is 6.16. The summed E-state index contributed by atoms with van der Waals surface area (Å²) in [5.74, 6) is 0.445. The molecule has 74 valence electrons. The van der Waals surface area contributed by atoms with Crippen molar-refractivity contribution in [2.45, 2.75) is 52.4 Å². The van der Waals surface area contributed by atoms with Gasteiger partial charge >= 0.3 is 0 Å². The summed E-state index contributed by atoms with van der Waals surface area (Å²) in [5, 5.41) is 0. The van der Waals surface area contributed by atoms with Crippen LogP contribution < -0.4 is 0 Å². The van der Waals surface area contributed by atoms with Crippen molar-refractivity contribution in [2.24, 2.45) is 5.41 Å². The molecule has 0 spiro atoms. The van der Waals surface area contributed by atoms with Crippen molar-refractivity contribution >= 4 is 5.78 Å². The molecule has 1 aliphatic carbocycles. The fourth-order valence-corrected chi connectivity index (χ4v) is 2.02. The first-order valence-electron chi connectivity index (χ1n) is 5.33. The minimum absolute atomic E-state index is 0.265. The quantitative estimate of drug-likeness (QED) is 0.605. The molecule has 0 aliphatic heterocycles. The normalized spacial score (nSPS) is 27.5. The van der Waals surface area contributed by atoms with Gasteiger partial charge in [-0.25, -0.2) is 0 Å². The van der Waals surface area contributed by atoms with E-state index in [0.717, 1.165) is 32.1 Å². The predicted octanol–water partition coefficient (Wildman–Crippen LogP) is 3.49. The summed E-state index contributed by atoms with van der Waals surface area (Å²) in [6, 6.07) is 0. The highest BCUT2D eigenvalue weighted by Crippen LogP contribution is 2.35. The zero-order valence-corrected chi connectivity index (χ0v) is 8.81. The first-order valence-corrected chi connectivity index (χ1v) is 5.33. The lowest BCUT2D eigenvalue weighted by Crippen LogP contribution is -2.21. The molecule has 0 N–H and O–H groups in total. The topological polar surface area (TPSA) is 17.1 Å². The highest BCUT2D eigenvalue weighted by Gasteiger charge is 2.26. The van der Waals surface area contributed by atoms with Crippen LogP contribution in [0, 0.1) is 5.41 Å². The molecule has 0 amide bonds. The van der Waals surface area contributed by atoms with Crippen LogP contribution in [0.5, 0.6) is 0 Å². The van der Waals surface area contributed by atoms with Crippen LogP contribution in [0.15, 0.2) is 12.2 Å². The zero-order valence-electron chi connectivity index (χ0n) is 8.81. The van der Waals surface area contributed by atoms with Gasteiger partial charge in [-0.2, -0.15) is 0 Å². The van der Waals surface area contributed by atoms with Crippen LogP contribution in [0.2, 0.25) is 0 Å². The Hall–Kier alpha value is -0.590. The largest absolute Gasteiger partial charge is 0.300 e. The average molecular weight is 180 g/mol.